The lowest BCUT2D eigenvalue weighted by Gasteiger charge is -2.15. The fraction of sp³-hybridized carbons (Fsp3) is 0.545. The second-order valence-corrected chi connectivity index (χ2v) is 5.79. The molecule has 4 heteroatoms. The summed E-state index contributed by atoms with van der Waals surface area (Å²) in [6.45, 7) is 4.65. The highest BCUT2D eigenvalue weighted by Gasteiger charge is 2.22. The topological polar surface area (TPSA) is 43.1 Å². The minimum absolute atomic E-state index is 0.0417. The number of rotatable bonds is 5. The Labute approximate surface area is 103 Å². The van der Waals surface area contributed by atoms with E-state index < -0.39 is 0 Å². The van der Waals surface area contributed by atoms with Crippen LogP contribution in [0.3, 0.4) is 0 Å². The molecule has 2 N–H and O–H groups in total. The molecule has 1 aromatic heterocycles. The highest BCUT2D eigenvalue weighted by atomic mass is 79.9. The van der Waals surface area contributed by atoms with Crippen LogP contribution in [0.2, 0.25) is 0 Å². The molecular formula is C11H16BrNOS. The SMILES string of the molecule is CC(C)CC(CN)C(=O)c1sccc1Br. The van der Waals surface area contributed by atoms with Crippen LogP contribution in [-0.4, -0.2) is 12.3 Å². The summed E-state index contributed by atoms with van der Waals surface area (Å²) in [7, 11) is 0. The molecule has 0 aliphatic rings. The Morgan fingerprint density at radius 2 is 2.27 bits per heavy atom. The van der Waals surface area contributed by atoms with Crippen molar-refractivity contribution < 1.29 is 4.79 Å². The quantitative estimate of drug-likeness (QED) is 0.845. The molecular weight excluding hydrogens is 274 g/mol. The van der Waals surface area contributed by atoms with E-state index >= 15 is 0 Å². The van der Waals surface area contributed by atoms with Gasteiger partial charge in [0.05, 0.1) is 4.88 Å². The normalized spacial score (nSPS) is 13.1. The molecule has 0 aromatic carbocycles. The predicted octanol–water partition coefficient (Wildman–Crippen LogP) is 3.31. The van der Waals surface area contributed by atoms with E-state index in [2.05, 4.69) is 29.8 Å². The standard InChI is InChI=1S/C11H16BrNOS/c1-7(2)5-8(6-13)10(14)11-9(12)3-4-15-11/h3-4,7-8H,5-6,13H2,1-2H3. The average Bonchev–Trinajstić information content (AvgIpc) is 2.59. The number of ketones is 1. The summed E-state index contributed by atoms with van der Waals surface area (Å²) in [5.74, 6) is 0.634. The van der Waals surface area contributed by atoms with Gasteiger partial charge in [-0.3, -0.25) is 4.79 Å². The van der Waals surface area contributed by atoms with Gasteiger partial charge in [-0.05, 0) is 39.7 Å². The summed E-state index contributed by atoms with van der Waals surface area (Å²) >= 11 is 4.86. The van der Waals surface area contributed by atoms with Gasteiger partial charge in [0, 0.05) is 16.9 Å². The Hall–Kier alpha value is -0.190. The molecule has 0 aliphatic carbocycles. The summed E-state index contributed by atoms with van der Waals surface area (Å²) in [5.41, 5.74) is 5.65. The van der Waals surface area contributed by atoms with Gasteiger partial charge >= 0.3 is 0 Å². The number of hydrogen-bond donors (Lipinski definition) is 1. The average molecular weight is 290 g/mol. The zero-order valence-electron chi connectivity index (χ0n) is 9.00. The Balaban J connectivity index is 2.78. The molecule has 0 saturated heterocycles. The van der Waals surface area contributed by atoms with Crippen LogP contribution in [0.1, 0.15) is 29.9 Å². The van der Waals surface area contributed by atoms with E-state index in [0.29, 0.717) is 12.5 Å². The zero-order valence-corrected chi connectivity index (χ0v) is 11.4. The van der Waals surface area contributed by atoms with Crippen molar-refractivity contribution in [1.82, 2.24) is 0 Å². The molecule has 1 heterocycles. The lowest BCUT2D eigenvalue weighted by Crippen LogP contribution is -2.25. The fourth-order valence-corrected chi connectivity index (χ4v) is 3.12. The van der Waals surface area contributed by atoms with Crippen LogP contribution in [0, 0.1) is 11.8 Å². The number of hydrogen-bond acceptors (Lipinski definition) is 3. The molecule has 15 heavy (non-hydrogen) atoms. The first-order valence-corrected chi connectivity index (χ1v) is 6.70. The van der Waals surface area contributed by atoms with Crippen LogP contribution in [0.25, 0.3) is 0 Å². The molecule has 1 unspecified atom stereocenters. The first-order valence-electron chi connectivity index (χ1n) is 5.03. The highest BCUT2D eigenvalue weighted by molar-refractivity contribution is 9.10. The Morgan fingerprint density at radius 3 is 2.67 bits per heavy atom. The highest BCUT2D eigenvalue weighted by Crippen LogP contribution is 2.27. The number of halogens is 1. The molecule has 0 spiro atoms. The van der Waals surface area contributed by atoms with Gasteiger partial charge in [0.2, 0.25) is 0 Å². The van der Waals surface area contributed by atoms with E-state index in [-0.39, 0.29) is 11.7 Å². The summed E-state index contributed by atoms with van der Waals surface area (Å²) in [6.07, 6.45) is 0.861. The van der Waals surface area contributed by atoms with Gasteiger partial charge in [-0.1, -0.05) is 13.8 Å². The molecule has 84 valence electrons. The second-order valence-electron chi connectivity index (χ2n) is 4.02. The van der Waals surface area contributed by atoms with Gasteiger partial charge < -0.3 is 5.73 Å². The Kier molecular flexibility index (Phi) is 4.96. The minimum Gasteiger partial charge on any atom is -0.330 e. The Bertz CT molecular complexity index is 335. The minimum atomic E-state index is -0.0417. The van der Waals surface area contributed by atoms with E-state index in [1.807, 2.05) is 11.4 Å². The summed E-state index contributed by atoms with van der Waals surface area (Å²) < 4.78 is 0.889. The van der Waals surface area contributed by atoms with E-state index in [9.17, 15) is 4.79 Å². The lowest BCUT2D eigenvalue weighted by atomic mass is 9.93. The Morgan fingerprint density at radius 1 is 1.60 bits per heavy atom. The fourth-order valence-electron chi connectivity index (χ4n) is 1.53. The van der Waals surface area contributed by atoms with Crippen molar-refractivity contribution in [2.45, 2.75) is 20.3 Å². The maximum atomic E-state index is 12.1. The van der Waals surface area contributed by atoms with Gasteiger partial charge in [0.15, 0.2) is 5.78 Å². The smallest absolute Gasteiger partial charge is 0.178 e. The summed E-state index contributed by atoms with van der Waals surface area (Å²) in [4.78, 5) is 12.9. The van der Waals surface area contributed by atoms with Gasteiger partial charge in [-0.25, -0.2) is 0 Å². The van der Waals surface area contributed by atoms with Crippen molar-refractivity contribution in [1.29, 1.82) is 0 Å². The number of carbonyl (C=O) groups excluding carboxylic acids is 1. The first kappa shape index (κ1) is 12.9. The van der Waals surface area contributed by atoms with Crippen LogP contribution in [0.15, 0.2) is 15.9 Å². The first-order chi connectivity index (χ1) is 7.06. The third kappa shape index (κ3) is 3.40. The zero-order chi connectivity index (χ0) is 11.4. The van der Waals surface area contributed by atoms with Crippen molar-refractivity contribution in [2.75, 3.05) is 6.54 Å². The molecule has 2 nitrogen and oxygen atoms in total. The van der Waals surface area contributed by atoms with Crippen LogP contribution in [0.5, 0.6) is 0 Å². The number of nitrogens with two attached hydrogens (primary N) is 1. The largest absolute Gasteiger partial charge is 0.330 e. The van der Waals surface area contributed by atoms with E-state index in [1.165, 1.54) is 11.3 Å². The number of thiophene rings is 1. The molecule has 1 aromatic rings. The van der Waals surface area contributed by atoms with Crippen LogP contribution in [-0.2, 0) is 0 Å². The third-order valence-corrected chi connectivity index (χ3v) is 4.10. The lowest BCUT2D eigenvalue weighted by molar-refractivity contribution is 0.0912. The monoisotopic (exact) mass is 289 g/mol. The van der Waals surface area contributed by atoms with Crippen molar-refractivity contribution in [3.63, 3.8) is 0 Å². The maximum Gasteiger partial charge on any atom is 0.178 e. The van der Waals surface area contributed by atoms with Crippen molar-refractivity contribution >= 4 is 33.0 Å². The third-order valence-electron chi connectivity index (χ3n) is 2.25. The maximum absolute atomic E-state index is 12.1. The molecule has 0 bridgehead atoms. The summed E-state index contributed by atoms with van der Waals surface area (Å²) in [5, 5.41) is 1.92. The van der Waals surface area contributed by atoms with E-state index in [0.717, 1.165) is 15.8 Å². The van der Waals surface area contributed by atoms with E-state index in [4.69, 9.17) is 5.73 Å². The van der Waals surface area contributed by atoms with Crippen LogP contribution >= 0.6 is 27.3 Å². The molecule has 0 saturated carbocycles. The molecule has 0 amide bonds. The predicted molar refractivity (Wildman–Crippen MR) is 68.3 cm³/mol. The molecule has 0 aliphatic heterocycles. The molecule has 1 atom stereocenters. The van der Waals surface area contributed by atoms with Crippen molar-refractivity contribution in [3.8, 4) is 0 Å². The molecule has 0 fully saturated rings. The van der Waals surface area contributed by atoms with Gasteiger partial charge in [-0.15, -0.1) is 11.3 Å². The summed E-state index contributed by atoms with van der Waals surface area (Å²) in [6, 6.07) is 1.90. The van der Waals surface area contributed by atoms with Gasteiger partial charge in [0.1, 0.15) is 0 Å². The van der Waals surface area contributed by atoms with Crippen molar-refractivity contribution in [2.24, 2.45) is 17.6 Å². The van der Waals surface area contributed by atoms with Crippen LogP contribution in [0.4, 0.5) is 0 Å². The van der Waals surface area contributed by atoms with Crippen LogP contribution < -0.4 is 5.73 Å². The second kappa shape index (κ2) is 5.77. The van der Waals surface area contributed by atoms with Gasteiger partial charge in [-0.2, -0.15) is 0 Å². The molecule has 1 rings (SSSR count). The van der Waals surface area contributed by atoms with Crippen molar-refractivity contribution in [3.05, 3.63) is 20.8 Å². The van der Waals surface area contributed by atoms with E-state index in [1.54, 1.807) is 0 Å². The number of carbonyl (C=O) groups is 1. The number of Topliss-reactive ketones (excluding diaryl/α,β-unsaturated/α-hetero) is 1. The van der Waals surface area contributed by atoms with Gasteiger partial charge in [0.25, 0.3) is 0 Å². The molecule has 0 radical (unpaired) electrons.